The number of aliphatic carboxylic acids is 1. The van der Waals surface area contributed by atoms with Gasteiger partial charge in [0.05, 0.1) is 31.5 Å². The van der Waals surface area contributed by atoms with Gasteiger partial charge in [0.25, 0.3) is 0 Å². The second-order valence-electron chi connectivity index (χ2n) is 11.4. The molecule has 5 rings (SSSR count). The summed E-state index contributed by atoms with van der Waals surface area (Å²) in [5.74, 6) is -0.847. The van der Waals surface area contributed by atoms with Gasteiger partial charge in [-0.25, -0.2) is 4.79 Å². The molecule has 12 nitrogen and oxygen atoms in total. The maximum atomic E-state index is 13.9. The van der Waals surface area contributed by atoms with Crippen molar-refractivity contribution in [1.29, 1.82) is 0 Å². The highest BCUT2D eigenvalue weighted by Crippen LogP contribution is 2.47. The number of anilines is 1. The summed E-state index contributed by atoms with van der Waals surface area (Å²) in [5, 5.41) is 10.6. The van der Waals surface area contributed by atoms with E-state index in [0.717, 1.165) is 24.8 Å². The van der Waals surface area contributed by atoms with Gasteiger partial charge in [0, 0.05) is 57.9 Å². The molecule has 4 heterocycles. The van der Waals surface area contributed by atoms with Crippen molar-refractivity contribution in [2.24, 2.45) is 5.92 Å². The average molecular weight is 596 g/mol. The first kappa shape index (κ1) is 30.4. The SMILES string of the molecule is CCCCN(C(=O)CN1C[C@H](c2cc(OC)c3c(c2)OCO3)C(C(=O)O)[C@@H]1CCN1CCCN(C)C1=O)c1cccnc1. The van der Waals surface area contributed by atoms with Gasteiger partial charge >= 0.3 is 12.0 Å². The number of unbranched alkanes of at least 4 members (excludes halogenated alkanes) is 1. The van der Waals surface area contributed by atoms with Crippen LogP contribution in [0.3, 0.4) is 0 Å². The number of carbonyl (C=O) groups is 3. The molecule has 2 fully saturated rings. The number of hydrogen-bond acceptors (Lipinski definition) is 8. The first-order valence-corrected chi connectivity index (χ1v) is 15.0. The van der Waals surface area contributed by atoms with Gasteiger partial charge < -0.3 is 34.0 Å². The minimum Gasteiger partial charge on any atom is -0.493 e. The molecule has 3 atom stereocenters. The predicted octanol–water partition coefficient (Wildman–Crippen LogP) is 3.27. The Hall–Kier alpha value is -4.06. The van der Waals surface area contributed by atoms with Gasteiger partial charge in [0.2, 0.25) is 18.4 Å². The minimum atomic E-state index is -0.946. The number of ether oxygens (including phenoxy) is 3. The summed E-state index contributed by atoms with van der Waals surface area (Å²) >= 11 is 0. The van der Waals surface area contributed by atoms with E-state index in [1.54, 1.807) is 40.2 Å². The smallest absolute Gasteiger partial charge is 0.319 e. The van der Waals surface area contributed by atoms with E-state index in [0.29, 0.717) is 62.1 Å². The molecule has 2 saturated heterocycles. The number of rotatable bonds is 12. The molecule has 3 aliphatic heterocycles. The molecule has 43 heavy (non-hydrogen) atoms. The molecule has 0 radical (unpaired) electrons. The summed E-state index contributed by atoms with van der Waals surface area (Å²) in [6.07, 6.45) is 6.37. The molecule has 232 valence electrons. The Balaban J connectivity index is 1.45. The van der Waals surface area contributed by atoms with Crippen LogP contribution in [0.15, 0.2) is 36.7 Å². The zero-order valence-corrected chi connectivity index (χ0v) is 25.1. The number of methoxy groups -OCH3 is 1. The van der Waals surface area contributed by atoms with Gasteiger partial charge in [-0.3, -0.25) is 19.5 Å². The fraction of sp³-hybridized carbons (Fsp3) is 0.548. The predicted molar refractivity (Wildman–Crippen MR) is 159 cm³/mol. The quantitative estimate of drug-likeness (QED) is 0.394. The number of amides is 3. The average Bonchev–Trinajstić information content (AvgIpc) is 3.63. The minimum absolute atomic E-state index is 0.0408. The largest absolute Gasteiger partial charge is 0.493 e. The van der Waals surface area contributed by atoms with Gasteiger partial charge in [-0.05, 0) is 49.1 Å². The fourth-order valence-electron chi connectivity index (χ4n) is 6.47. The second-order valence-corrected chi connectivity index (χ2v) is 11.4. The molecule has 0 bridgehead atoms. The maximum Gasteiger partial charge on any atom is 0.319 e. The number of carboxylic acid groups (broad SMARTS) is 1. The Morgan fingerprint density at radius 1 is 1.23 bits per heavy atom. The number of urea groups is 1. The van der Waals surface area contributed by atoms with E-state index in [4.69, 9.17) is 14.2 Å². The second kappa shape index (κ2) is 13.5. The van der Waals surface area contributed by atoms with Gasteiger partial charge in [0.1, 0.15) is 0 Å². The lowest BCUT2D eigenvalue weighted by atomic mass is 9.84. The summed E-state index contributed by atoms with van der Waals surface area (Å²) in [7, 11) is 3.32. The molecule has 12 heteroatoms. The number of fused-ring (bicyclic) bond motifs is 1. The number of likely N-dealkylation sites (tertiary alicyclic amines) is 1. The Morgan fingerprint density at radius 2 is 2.07 bits per heavy atom. The van der Waals surface area contributed by atoms with Crippen LogP contribution in [-0.2, 0) is 9.59 Å². The molecular weight excluding hydrogens is 554 g/mol. The van der Waals surface area contributed by atoms with Crippen molar-refractivity contribution in [3.63, 3.8) is 0 Å². The Bertz CT molecular complexity index is 1310. The van der Waals surface area contributed by atoms with Crippen LogP contribution in [0.25, 0.3) is 0 Å². The number of aromatic nitrogens is 1. The molecular formula is C31H41N5O7. The zero-order valence-electron chi connectivity index (χ0n) is 25.1. The first-order chi connectivity index (χ1) is 20.8. The standard InChI is InChI=1S/C31H41N5O7/c1-4-5-13-36(22-8-6-10-32-17-22)27(37)19-35-18-23(21-15-25(41-3)29-26(16-21)42-20-43-29)28(30(38)39)24(35)9-14-34-12-7-11-33(2)31(34)40/h6,8,10,15-17,23-24,28H,4-5,7,9,11-14,18-20H2,1-3H3,(H,38,39)/t23-,24+,28?/m1/s1. The summed E-state index contributed by atoms with van der Waals surface area (Å²) in [5.41, 5.74) is 1.46. The number of benzene rings is 1. The molecule has 2 aromatic rings. The van der Waals surface area contributed by atoms with E-state index in [-0.39, 0.29) is 25.3 Å². The van der Waals surface area contributed by atoms with Crippen LogP contribution in [0.2, 0.25) is 0 Å². The molecule has 3 amide bonds. The van der Waals surface area contributed by atoms with E-state index < -0.39 is 23.8 Å². The van der Waals surface area contributed by atoms with Gasteiger partial charge in [-0.15, -0.1) is 0 Å². The van der Waals surface area contributed by atoms with Gasteiger partial charge in [0.15, 0.2) is 11.5 Å². The van der Waals surface area contributed by atoms with E-state index in [1.165, 1.54) is 7.11 Å². The van der Waals surface area contributed by atoms with E-state index in [2.05, 4.69) is 11.9 Å². The molecule has 0 aliphatic carbocycles. The van der Waals surface area contributed by atoms with E-state index in [9.17, 15) is 19.5 Å². The van der Waals surface area contributed by atoms with Crippen molar-refractivity contribution in [2.75, 3.05) is 65.1 Å². The number of carbonyl (C=O) groups excluding carboxylic acids is 2. The third-order valence-corrected chi connectivity index (χ3v) is 8.69. The summed E-state index contributed by atoms with van der Waals surface area (Å²) in [6.45, 7) is 4.79. The Kier molecular flexibility index (Phi) is 9.54. The lowest BCUT2D eigenvalue weighted by Crippen LogP contribution is -2.50. The highest BCUT2D eigenvalue weighted by Gasteiger charge is 2.48. The Labute approximate surface area is 252 Å². The van der Waals surface area contributed by atoms with Gasteiger partial charge in [-0.1, -0.05) is 13.3 Å². The normalized spacial score (nSPS) is 21.7. The van der Waals surface area contributed by atoms with E-state index >= 15 is 0 Å². The van der Waals surface area contributed by atoms with Crippen molar-refractivity contribution in [1.82, 2.24) is 19.7 Å². The van der Waals surface area contributed by atoms with E-state index in [1.807, 2.05) is 23.1 Å². The van der Waals surface area contributed by atoms with Crippen LogP contribution in [-0.4, -0.2) is 109 Å². The van der Waals surface area contributed by atoms with Crippen molar-refractivity contribution < 1.29 is 33.7 Å². The zero-order chi connectivity index (χ0) is 30.5. The number of pyridine rings is 1. The number of nitrogens with zero attached hydrogens (tertiary/aromatic N) is 5. The number of hydrogen-bond donors (Lipinski definition) is 1. The summed E-state index contributed by atoms with van der Waals surface area (Å²) in [6, 6.07) is 6.75. The fourth-order valence-corrected chi connectivity index (χ4v) is 6.47. The third-order valence-electron chi connectivity index (χ3n) is 8.69. The molecule has 1 unspecified atom stereocenters. The lowest BCUT2D eigenvalue weighted by molar-refractivity contribution is -0.143. The monoisotopic (exact) mass is 595 g/mol. The van der Waals surface area contributed by atoms with Crippen LogP contribution in [0, 0.1) is 5.92 Å². The highest BCUT2D eigenvalue weighted by atomic mass is 16.7. The van der Waals surface area contributed by atoms with Crippen molar-refractivity contribution in [3.8, 4) is 17.2 Å². The van der Waals surface area contributed by atoms with Crippen molar-refractivity contribution in [2.45, 2.75) is 44.6 Å². The topological polar surface area (TPSA) is 125 Å². The summed E-state index contributed by atoms with van der Waals surface area (Å²) < 4.78 is 16.8. The van der Waals surface area contributed by atoms with Crippen LogP contribution in [0.5, 0.6) is 17.2 Å². The molecule has 0 saturated carbocycles. The number of carboxylic acids is 1. The van der Waals surface area contributed by atoms with Crippen LogP contribution in [0.1, 0.15) is 44.1 Å². The first-order valence-electron chi connectivity index (χ1n) is 15.0. The lowest BCUT2D eigenvalue weighted by Gasteiger charge is -2.35. The molecule has 1 aromatic heterocycles. The van der Waals surface area contributed by atoms with Crippen LogP contribution >= 0.6 is 0 Å². The van der Waals surface area contributed by atoms with Crippen LogP contribution in [0.4, 0.5) is 10.5 Å². The summed E-state index contributed by atoms with van der Waals surface area (Å²) in [4.78, 5) is 51.1. The molecule has 1 aromatic carbocycles. The third kappa shape index (κ3) is 6.48. The maximum absolute atomic E-state index is 13.9. The molecule has 0 spiro atoms. The Morgan fingerprint density at radius 3 is 2.79 bits per heavy atom. The molecule has 3 aliphatic rings. The van der Waals surface area contributed by atoms with Crippen LogP contribution < -0.4 is 19.1 Å². The highest BCUT2D eigenvalue weighted by molar-refractivity contribution is 5.94. The van der Waals surface area contributed by atoms with Crippen molar-refractivity contribution >= 4 is 23.6 Å². The van der Waals surface area contributed by atoms with Crippen molar-refractivity contribution in [3.05, 3.63) is 42.2 Å². The van der Waals surface area contributed by atoms with Gasteiger partial charge in [-0.2, -0.15) is 0 Å². The molecule has 1 N–H and O–H groups in total.